The molecule has 1 aromatic rings. The van der Waals surface area contributed by atoms with E-state index in [1.807, 2.05) is 0 Å². The van der Waals surface area contributed by atoms with Gasteiger partial charge in [-0.25, -0.2) is 0 Å². The molecule has 1 N–H and O–H groups in total. The molecule has 2 aliphatic heterocycles. The van der Waals surface area contributed by atoms with Crippen LogP contribution >= 0.6 is 0 Å². The second-order valence-electron chi connectivity index (χ2n) is 6.81. The summed E-state index contributed by atoms with van der Waals surface area (Å²) in [6.45, 7) is 2.92. The van der Waals surface area contributed by atoms with Gasteiger partial charge in [-0.3, -0.25) is 9.48 Å². The number of nitrogens with zero attached hydrogens (tertiary/aromatic N) is 4. The first-order valence-corrected chi connectivity index (χ1v) is 8.63. The van der Waals surface area contributed by atoms with E-state index < -0.39 is 18.0 Å². The SMILES string of the molecule is O=C1CCCN1CC(O)CN1CCC(n2ccc(C(F)(F)F)n2)CC1. The Balaban J connectivity index is 1.45. The van der Waals surface area contributed by atoms with E-state index in [0.29, 0.717) is 52.0 Å². The van der Waals surface area contributed by atoms with Crippen molar-refractivity contribution >= 4 is 5.91 Å². The van der Waals surface area contributed by atoms with Crippen LogP contribution in [-0.4, -0.2) is 69.4 Å². The first-order chi connectivity index (χ1) is 11.8. The Kier molecular flexibility index (Phi) is 5.33. The lowest BCUT2D eigenvalue weighted by Gasteiger charge is -2.34. The largest absolute Gasteiger partial charge is 0.435 e. The van der Waals surface area contributed by atoms with Crippen LogP contribution < -0.4 is 0 Å². The van der Waals surface area contributed by atoms with Crippen molar-refractivity contribution < 1.29 is 23.1 Å². The summed E-state index contributed by atoms with van der Waals surface area (Å²) in [5, 5.41) is 13.8. The van der Waals surface area contributed by atoms with Crippen LogP contribution in [0.3, 0.4) is 0 Å². The molecule has 1 unspecified atom stereocenters. The monoisotopic (exact) mass is 360 g/mol. The van der Waals surface area contributed by atoms with E-state index in [0.717, 1.165) is 12.5 Å². The van der Waals surface area contributed by atoms with Crippen molar-refractivity contribution in [1.29, 1.82) is 0 Å². The Hall–Kier alpha value is -1.61. The maximum absolute atomic E-state index is 12.6. The summed E-state index contributed by atoms with van der Waals surface area (Å²) in [5.41, 5.74) is -0.861. The number of aliphatic hydroxyl groups excluding tert-OH is 1. The fraction of sp³-hybridized carbons (Fsp3) is 0.750. The van der Waals surface area contributed by atoms with Gasteiger partial charge in [-0.2, -0.15) is 18.3 Å². The molecule has 0 spiro atoms. The number of aromatic nitrogens is 2. The van der Waals surface area contributed by atoms with Crippen LogP contribution in [0, 0.1) is 0 Å². The number of carbonyl (C=O) groups is 1. The van der Waals surface area contributed by atoms with E-state index >= 15 is 0 Å². The van der Waals surface area contributed by atoms with E-state index in [-0.39, 0.29) is 11.9 Å². The Bertz CT molecular complexity index is 596. The van der Waals surface area contributed by atoms with Crippen LogP contribution in [0.5, 0.6) is 0 Å². The van der Waals surface area contributed by atoms with Crippen molar-refractivity contribution in [3.05, 3.63) is 18.0 Å². The first kappa shape index (κ1) is 18.2. The Morgan fingerprint density at radius 3 is 2.52 bits per heavy atom. The third kappa shape index (κ3) is 4.52. The molecule has 9 heteroatoms. The highest BCUT2D eigenvalue weighted by Crippen LogP contribution is 2.29. The zero-order valence-corrected chi connectivity index (χ0v) is 14.0. The highest BCUT2D eigenvalue weighted by atomic mass is 19.4. The van der Waals surface area contributed by atoms with E-state index in [1.165, 1.54) is 10.9 Å². The van der Waals surface area contributed by atoms with Gasteiger partial charge in [0.15, 0.2) is 5.69 Å². The Labute approximate surface area is 144 Å². The number of alkyl halides is 3. The van der Waals surface area contributed by atoms with Crippen molar-refractivity contribution in [2.45, 2.75) is 44.0 Å². The van der Waals surface area contributed by atoms with Gasteiger partial charge in [0.2, 0.25) is 5.91 Å². The second-order valence-corrected chi connectivity index (χ2v) is 6.81. The molecule has 3 heterocycles. The second kappa shape index (κ2) is 7.33. The minimum Gasteiger partial charge on any atom is -0.390 e. The zero-order chi connectivity index (χ0) is 18.0. The highest BCUT2D eigenvalue weighted by molar-refractivity contribution is 5.78. The minimum absolute atomic E-state index is 0.0512. The summed E-state index contributed by atoms with van der Waals surface area (Å²) in [4.78, 5) is 15.4. The number of hydrogen-bond acceptors (Lipinski definition) is 4. The van der Waals surface area contributed by atoms with Crippen LogP contribution in [0.25, 0.3) is 0 Å². The summed E-state index contributed by atoms with van der Waals surface area (Å²) in [7, 11) is 0. The molecule has 0 bridgehead atoms. The highest BCUT2D eigenvalue weighted by Gasteiger charge is 2.34. The molecule has 1 atom stereocenters. The number of piperidine rings is 1. The van der Waals surface area contributed by atoms with E-state index in [1.54, 1.807) is 4.90 Å². The third-order valence-electron chi connectivity index (χ3n) is 4.90. The normalized spacial score (nSPS) is 21.9. The van der Waals surface area contributed by atoms with Crippen LogP contribution in [0.1, 0.15) is 37.4 Å². The van der Waals surface area contributed by atoms with E-state index in [9.17, 15) is 23.1 Å². The predicted molar refractivity (Wildman–Crippen MR) is 83.8 cm³/mol. The molecule has 0 aliphatic carbocycles. The van der Waals surface area contributed by atoms with Crippen LogP contribution in [0.2, 0.25) is 0 Å². The van der Waals surface area contributed by atoms with E-state index in [4.69, 9.17) is 0 Å². The first-order valence-electron chi connectivity index (χ1n) is 8.63. The van der Waals surface area contributed by atoms with Gasteiger partial charge < -0.3 is 14.9 Å². The van der Waals surface area contributed by atoms with Gasteiger partial charge in [-0.05, 0) is 25.3 Å². The van der Waals surface area contributed by atoms with Crippen molar-refractivity contribution in [3.63, 3.8) is 0 Å². The summed E-state index contributed by atoms with van der Waals surface area (Å²) >= 11 is 0. The number of amides is 1. The van der Waals surface area contributed by atoms with Gasteiger partial charge in [0.25, 0.3) is 0 Å². The Morgan fingerprint density at radius 2 is 1.96 bits per heavy atom. The van der Waals surface area contributed by atoms with Crippen molar-refractivity contribution in [2.75, 3.05) is 32.7 Å². The van der Waals surface area contributed by atoms with Crippen LogP contribution in [0.4, 0.5) is 13.2 Å². The summed E-state index contributed by atoms with van der Waals surface area (Å²) in [6, 6.07) is 0.952. The van der Waals surface area contributed by atoms with Crippen molar-refractivity contribution in [3.8, 4) is 0 Å². The van der Waals surface area contributed by atoms with Gasteiger partial charge in [0.1, 0.15) is 0 Å². The molecule has 6 nitrogen and oxygen atoms in total. The molecular formula is C16H23F3N4O2. The van der Waals surface area contributed by atoms with Crippen molar-refractivity contribution in [2.24, 2.45) is 0 Å². The summed E-state index contributed by atoms with van der Waals surface area (Å²) < 4.78 is 39.3. The molecule has 2 saturated heterocycles. The lowest BCUT2D eigenvalue weighted by atomic mass is 10.0. The predicted octanol–water partition coefficient (Wildman–Crippen LogP) is 1.52. The molecule has 0 aromatic carbocycles. The molecule has 0 radical (unpaired) electrons. The summed E-state index contributed by atoms with van der Waals surface area (Å²) in [6.07, 6.45) is -0.842. The van der Waals surface area contributed by atoms with Crippen LogP contribution in [0.15, 0.2) is 12.3 Å². The van der Waals surface area contributed by atoms with Crippen molar-refractivity contribution in [1.82, 2.24) is 19.6 Å². The molecule has 1 aromatic heterocycles. The number of carbonyl (C=O) groups excluding carboxylic acids is 1. The third-order valence-corrected chi connectivity index (χ3v) is 4.90. The lowest BCUT2D eigenvalue weighted by Crippen LogP contribution is -2.43. The number of hydrogen-bond donors (Lipinski definition) is 1. The quantitative estimate of drug-likeness (QED) is 0.865. The maximum atomic E-state index is 12.6. The van der Waals surface area contributed by atoms with Gasteiger partial charge in [-0.1, -0.05) is 0 Å². The Morgan fingerprint density at radius 1 is 1.24 bits per heavy atom. The molecule has 2 aliphatic rings. The zero-order valence-electron chi connectivity index (χ0n) is 14.0. The van der Waals surface area contributed by atoms with Crippen LogP contribution in [-0.2, 0) is 11.0 Å². The molecule has 25 heavy (non-hydrogen) atoms. The molecule has 0 saturated carbocycles. The van der Waals surface area contributed by atoms with Gasteiger partial charge in [-0.15, -0.1) is 0 Å². The van der Waals surface area contributed by atoms with Gasteiger partial charge >= 0.3 is 6.18 Å². The molecular weight excluding hydrogens is 337 g/mol. The number of rotatable bonds is 5. The number of aliphatic hydroxyl groups is 1. The topological polar surface area (TPSA) is 61.6 Å². The average molecular weight is 360 g/mol. The van der Waals surface area contributed by atoms with E-state index in [2.05, 4.69) is 10.00 Å². The fourth-order valence-electron chi connectivity index (χ4n) is 3.57. The summed E-state index contributed by atoms with van der Waals surface area (Å²) in [5.74, 6) is 0.0944. The molecule has 140 valence electrons. The number of β-amino-alcohol motifs (C(OH)–C–C–N with tert-alkyl or cyclic N) is 1. The lowest BCUT2D eigenvalue weighted by molar-refractivity contribution is -0.141. The maximum Gasteiger partial charge on any atom is 0.435 e. The fourth-order valence-corrected chi connectivity index (χ4v) is 3.57. The minimum atomic E-state index is -4.41. The molecule has 3 rings (SSSR count). The van der Waals surface area contributed by atoms with Gasteiger partial charge in [0, 0.05) is 45.3 Å². The standard InChI is InChI=1S/C16H23F3N4O2/c17-16(18,19)14-5-9-23(20-14)12-3-7-21(8-4-12)10-13(24)11-22-6-1-2-15(22)25/h5,9,12-13,24H,1-4,6-8,10-11H2. The average Bonchev–Trinajstić information content (AvgIpc) is 3.18. The molecule has 1 amide bonds. The number of halogens is 3. The number of likely N-dealkylation sites (tertiary alicyclic amines) is 2. The van der Waals surface area contributed by atoms with Gasteiger partial charge in [0.05, 0.1) is 12.1 Å². The smallest absolute Gasteiger partial charge is 0.390 e. The molecule has 2 fully saturated rings.